The van der Waals surface area contributed by atoms with Crippen LogP contribution in [0.1, 0.15) is 47.8 Å². The Bertz CT molecular complexity index is 1250. The molecule has 0 saturated heterocycles. The van der Waals surface area contributed by atoms with Gasteiger partial charge in [0.25, 0.3) is 0 Å². The quantitative estimate of drug-likeness (QED) is 0.294. The van der Waals surface area contributed by atoms with Crippen molar-refractivity contribution in [1.29, 1.82) is 0 Å². The molecule has 168 valence electrons. The van der Waals surface area contributed by atoms with Crippen molar-refractivity contribution in [2.45, 2.75) is 12.8 Å². The van der Waals surface area contributed by atoms with Crippen LogP contribution in [0.15, 0.2) is 97.1 Å². The first-order valence-electron chi connectivity index (χ1n) is 10.9. The van der Waals surface area contributed by atoms with Crippen molar-refractivity contribution >= 4 is 28.7 Å². The molecule has 0 unspecified atom stereocenters. The van der Waals surface area contributed by atoms with Crippen molar-refractivity contribution in [1.82, 2.24) is 0 Å². The Morgan fingerprint density at radius 3 is 1.21 bits per heavy atom. The van der Waals surface area contributed by atoms with Gasteiger partial charge in [0, 0.05) is 46.5 Å². The number of nitrogens with two attached hydrogens (primary N) is 2. The standard InChI is InChI=1S/C29H24N2O3/c30-25-7-3-1-5-23(25)27(32)17-19-9-13-21(14-10-19)29(34)22-15-11-20(12-16-22)18-28(33)24-6-2-4-8-26(24)31/h1-16H,17-18,30-31H2. The fourth-order valence-corrected chi connectivity index (χ4v) is 3.78. The summed E-state index contributed by atoms with van der Waals surface area (Å²) in [4.78, 5) is 37.9. The summed E-state index contributed by atoms with van der Waals surface area (Å²) in [5, 5.41) is 0. The Morgan fingerprint density at radius 2 is 0.853 bits per heavy atom. The van der Waals surface area contributed by atoms with Gasteiger partial charge < -0.3 is 11.5 Å². The highest BCUT2D eigenvalue weighted by Crippen LogP contribution is 2.18. The zero-order valence-electron chi connectivity index (χ0n) is 18.5. The first kappa shape index (κ1) is 22.7. The van der Waals surface area contributed by atoms with E-state index in [-0.39, 0.29) is 30.2 Å². The summed E-state index contributed by atoms with van der Waals surface area (Å²) in [6.07, 6.45) is 0.411. The molecule has 34 heavy (non-hydrogen) atoms. The van der Waals surface area contributed by atoms with Crippen LogP contribution in [0.3, 0.4) is 0 Å². The normalized spacial score (nSPS) is 10.6. The van der Waals surface area contributed by atoms with Gasteiger partial charge in [-0.25, -0.2) is 0 Å². The average molecular weight is 449 g/mol. The molecule has 5 nitrogen and oxygen atoms in total. The minimum absolute atomic E-state index is 0.0698. The Morgan fingerprint density at radius 1 is 0.500 bits per heavy atom. The molecule has 0 bridgehead atoms. The molecule has 4 aromatic carbocycles. The lowest BCUT2D eigenvalue weighted by molar-refractivity contribution is 0.0985. The van der Waals surface area contributed by atoms with Crippen LogP contribution in [0.5, 0.6) is 0 Å². The molecule has 0 saturated carbocycles. The highest BCUT2D eigenvalue weighted by Gasteiger charge is 2.14. The minimum Gasteiger partial charge on any atom is -0.398 e. The van der Waals surface area contributed by atoms with Crippen LogP contribution < -0.4 is 11.5 Å². The number of benzene rings is 4. The van der Waals surface area contributed by atoms with Gasteiger partial charge in [-0.2, -0.15) is 0 Å². The molecule has 5 heteroatoms. The summed E-state index contributed by atoms with van der Waals surface area (Å²) in [6.45, 7) is 0. The molecule has 0 spiro atoms. The van der Waals surface area contributed by atoms with E-state index < -0.39 is 0 Å². The van der Waals surface area contributed by atoms with E-state index in [1.165, 1.54) is 0 Å². The second-order valence-corrected chi connectivity index (χ2v) is 8.10. The number of carbonyl (C=O) groups excluding carboxylic acids is 3. The molecular formula is C29H24N2O3. The maximum Gasteiger partial charge on any atom is 0.193 e. The molecular weight excluding hydrogens is 424 g/mol. The fraction of sp³-hybridized carbons (Fsp3) is 0.0690. The Labute approximate surface area is 198 Å². The second kappa shape index (κ2) is 9.96. The first-order chi connectivity index (χ1) is 16.4. The van der Waals surface area contributed by atoms with E-state index in [9.17, 15) is 14.4 Å². The van der Waals surface area contributed by atoms with E-state index in [1.54, 1.807) is 97.1 Å². The summed E-state index contributed by atoms with van der Waals surface area (Å²) in [5.74, 6) is -0.269. The number of para-hydroxylation sites is 2. The van der Waals surface area contributed by atoms with Gasteiger partial charge >= 0.3 is 0 Å². The molecule has 0 amide bonds. The van der Waals surface area contributed by atoms with Gasteiger partial charge in [0.1, 0.15) is 0 Å². The van der Waals surface area contributed by atoms with Gasteiger partial charge in [0.05, 0.1) is 0 Å². The van der Waals surface area contributed by atoms with Crippen LogP contribution in [0, 0.1) is 0 Å². The highest BCUT2D eigenvalue weighted by molar-refractivity contribution is 6.09. The van der Waals surface area contributed by atoms with E-state index >= 15 is 0 Å². The van der Waals surface area contributed by atoms with E-state index in [2.05, 4.69) is 0 Å². The summed E-state index contributed by atoms with van der Waals surface area (Å²) >= 11 is 0. The van der Waals surface area contributed by atoms with Crippen molar-refractivity contribution in [2.75, 3.05) is 11.5 Å². The molecule has 4 rings (SSSR count). The predicted molar refractivity (Wildman–Crippen MR) is 134 cm³/mol. The SMILES string of the molecule is Nc1ccccc1C(=O)Cc1ccc(C(=O)c2ccc(CC(=O)c3ccccc3N)cc2)cc1. The fourth-order valence-electron chi connectivity index (χ4n) is 3.78. The van der Waals surface area contributed by atoms with Crippen LogP contribution in [0.2, 0.25) is 0 Å². The van der Waals surface area contributed by atoms with Crippen LogP contribution in [-0.4, -0.2) is 17.3 Å². The lowest BCUT2D eigenvalue weighted by Crippen LogP contribution is -2.08. The lowest BCUT2D eigenvalue weighted by Gasteiger charge is -2.07. The largest absolute Gasteiger partial charge is 0.398 e. The van der Waals surface area contributed by atoms with Gasteiger partial charge in [-0.15, -0.1) is 0 Å². The number of ketones is 3. The van der Waals surface area contributed by atoms with E-state index in [0.717, 1.165) is 11.1 Å². The molecule has 0 fully saturated rings. The predicted octanol–water partition coefficient (Wildman–Crippen LogP) is 4.93. The highest BCUT2D eigenvalue weighted by atomic mass is 16.1. The Hall–Kier alpha value is -4.51. The van der Waals surface area contributed by atoms with Gasteiger partial charge in [-0.1, -0.05) is 72.8 Å². The molecule has 0 aromatic heterocycles. The summed E-state index contributed by atoms with van der Waals surface area (Å²) in [5.41, 5.74) is 16.3. The molecule has 0 aliphatic rings. The monoisotopic (exact) mass is 448 g/mol. The third-order valence-corrected chi connectivity index (χ3v) is 5.68. The zero-order chi connectivity index (χ0) is 24.1. The van der Waals surface area contributed by atoms with Gasteiger partial charge in [0.2, 0.25) is 0 Å². The van der Waals surface area contributed by atoms with Gasteiger partial charge in [-0.05, 0) is 35.4 Å². The van der Waals surface area contributed by atoms with Crippen molar-refractivity contribution in [2.24, 2.45) is 0 Å². The molecule has 0 aliphatic heterocycles. The molecule has 4 aromatic rings. The minimum atomic E-state index is -0.129. The lowest BCUT2D eigenvalue weighted by atomic mass is 9.97. The summed E-state index contributed by atoms with van der Waals surface area (Å²) < 4.78 is 0. The Kier molecular flexibility index (Phi) is 6.64. The average Bonchev–Trinajstić information content (AvgIpc) is 2.85. The van der Waals surface area contributed by atoms with E-state index in [1.807, 2.05) is 0 Å². The topological polar surface area (TPSA) is 103 Å². The third kappa shape index (κ3) is 5.10. The van der Waals surface area contributed by atoms with Crippen molar-refractivity contribution in [3.8, 4) is 0 Å². The summed E-state index contributed by atoms with van der Waals surface area (Å²) in [6, 6.07) is 27.9. The molecule has 0 heterocycles. The van der Waals surface area contributed by atoms with E-state index in [0.29, 0.717) is 33.6 Å². The summed E-state index contributed by atoms with van der Waals surface area (Å²) in [7, 11) is 0. The number of rotatable bonds is 8. The molecule has 0 aliphatic carbocycles. The van der Waals surface area contributed by atoms with Crippen molar-refractivity contribution in [3.63, 3.8) is 0 Å². The molecule has 0 atom stereocenters. The van der Waals surface area contributed by atoms with E-state index in [4.69, 9.17) is 11.5 Å². The first-order valence-corrected chi connectivity index (χ1v) is 10.9. The van der Waals surface area contributed by atoms with Crippen LogP contribution in [0.4, 0.5) is 11.4 Å². The van der Waals surface area contributed by atoms with Crippen LogP contribution in [0.25, 0.3) is 0 Å². The van der Waals surface area contributed by atoms with Gasteiger partial charge in [0.15, 0.2) is 17.3 Å². The molecule has 0 radical (unpaired) electrons. The number of nitrogen functional groups attached to an aromatic ring is 2. The maximum absolute atomic E-state index is 12.9. The zero-order valence-corrected chi connectivity index (χ0v) is 18.5. The van der Waals surface area contributed by atoms with Crippen LogP contribution in [-0.2, 0) is 12.8 Å². The second-order valence-electron chi connectivity index (χ2n) is 8.10. The maximum atomic E-state index is 12.9. The number of Topliss-reactive ketones (excluding diaryl/α,β-unsaturated/α-hetero) is 2. The van der Waals surface area contributed by atoms with Gasteiger partial charge in [-0.3, -0.25) is 14.4 Å². The Balaban J connectivity index is 1.41. The third-order valence-electron chi connectivity index (χ3n) is 5.68. The number of carbonyl (C=O) groups is 3. The molecule has 4 N–H and O–H groups in total. The number of anilines is 2. The van der Waals surface area contributed by atoms with Crippen LogP contribution >= 0.6 is 0 Å². The number of hydrogen-bond acceptors (Lipinski definition) is 5. The smallest absolute Gasteiger partial charge is 0.193 e. The van der Waals surface area contributed by atoms with Crippen molar-refractivity contribution in [3.05, 3.63) is 130 Å². The van der Waals surface area contributed by atoms with Crippen molar-refractivity contribution < 1.29 is 14.4 Å². The number of hydrogen-bond donors (Lipinski definition) is 2.